The molecule has 1 N–H and O–H groups in total. The Morgan fingerprint density at radius 2 is 1.67 bits per heavy atom. The topological polar surface area (TPSA) is 62.3 Å². The third-order valence-corrected chi connectivity index (χ3v) is 5.07. The summed E-state index contributed by atoms with van der Waals surface area (Å²) in [6, 6.07) is 3.59. The highest BCUT2D eigenvalue weighted by atomic mass is 16.2. The number of hydrogen-bond acceptors (Lipinski definition) is 3. The van der Waals surface area contributed by atoms with Crippen LogP contribution in [0.5, 0.6) is 0 Å². The number of nitrogens with one attached hydrogen (secondary N) is 1. The minimum Gasteiger partial charge on any atom is -0.349 e. The molecule has 0 unspecified atom stereocenters. The molecular weight excluding hydrogens is 302 g/mol. The number of nitrogens with zero attached hydrogens (tertiary/aromatic N) is 2. The largest absolute Gasteiger partial charge is 0.349 e. The summed E-state index contributed by atoms with van der Waals surface area (Å²) in [5.74, 6) is -0.143. The van der Waals surface area contributed by atoms with E-state index >= 15 is 0 Å². The van der Waals surface area contributed by atoms with Crippen molar-refractivity contribution < 1.29 is 9.59 Å². The highest BCUT2D eigenvalue weighted by molar-refractivity contribution is 5.98. The smallest absolute Gasteiger partial charge is 0.272 e. The van der Waals surface area contributed by atoms with E-state index in [4.69, 9.17) is 0 Å². The molecule has 2 aliphatic rings. The molecule has 2 amide bonds. The lowest BCUT2D eigenvalue weighted by atomic mass is 10.1. The number of likely N-dealkylation sites (tertiary alicyclic amines) is 1. The first-order chi connectivity index (χ1) is 11.7. The van der Waals surface area contributed by atoms with Crippen LogP contribution in [0.2, 0.25) is 0 Å². The number of hydrogen-bond donors (Lipinski definition) is 1. The molecule has 0 spiro atoms. The molecule has 0 radical (unpaired) electrons. The van der Waals surface area contributed by atoms with Crippen LogP contribution in [-0.4, -0.2) is 40.8 Å². The molecule has 1 aromatic heterocycles. The van der Waals surface area contributed by atoms with Crippen molar-refractivity contribution in [1.29, 1.82) is 0 Å². The Labute approximate surface area is 143 Å². The van der Waals surface area contributed by atoms with Crippen molar-refractivity contribution in [2.75, 3.05) is 13.1 Å². The van der Waals surface area contributed by atoms with Crippen LogP contribution in [-0.2, 0) is 0 Å². The summed E-state index contributed by atoms with van der Waals surface area (Å²) in [4.78, 5) is 31.1. The van der Waals surface area contributed by atoms with Gasteiger partial charge in [-0.3, -0.25) is 14.6 Å². The van der Waals surface area contributed by atoms with Crippen LogP contribution < -0.4 is 5.32 Å². The second-order valence-corrected chi connectivity index (χ2v) is 6.94. The zero-order valence-electron chi connectivity index (χ0n) is 14.3. The van der Waals surface area contributed by atoms with Crippen LogP contribution in [0.1, 0.15) is 78.6 Å². The Morgan fingerprint density at radius 1 is 1.00 bits per heavy atom. The molecule has 2 heterocycles. The van der Waals surface area contributed by atoms with Crippen LogP contribution in [0.3, 0.4) is 0 Å². The van der Waals surface area contributed by atoms with E-state index in [-0.39, 0.29) is 17.9 Å². The second-order valence-electron chi connectivity index (χ2n) is 6.94. The van der Waals surface area contributed by atoms with Crippen molar-refractivity contribution in [1.82, 2.24) is 15.2 Å². The average molecular weight is 329 g/mol. The Bertz CT molecular complexity index is 574. The zero-order chi connectivity index (χ0) is 16.8. The molecule has 5 heteroatoms. The van der Waals surface area contributed by atoms with Crippen molar-refractivity contribution in [3.8, 4) is 0 Å². The number of aromatic nitrogens is 1. The first kappa shape index (κ1) is 16.9. The Kier molecular flexibility index (Phi) is 5.83. The van der Waals surface area contributed by atoms with E-state index in [0.29, 0.717) is 11.3 Å². The predicted molar refractivity (Wildman–Crippen MR) is 92.9 cm³/mol. The highest BCUT2D eigenvalue weighted by Crippen LogP contribution is 2.18. The summed E-state index contributed by atoms with van der Waals surface area (Å²) in [5.41, 5.74) is 0.917. The molecule has 1 saturated carbocycles. The van der Waals surface area contributed by atoms with Gasteiger partial charge in [-0.05, 0) is 44.2 Å². The average Bonchev–Trinajstić information content (AvgIpc) is 2.90. The number of pyridine rings is 1. The minimum atomic E-state index is -0.0861. The molecule has 3 rings (SSSR count). The number of carbonyl (C=O) groups is 2. The third-order valence-electron chi connectivity index (χ3n) is 5.07. The lowest BCUT2D eigenvalue weighted by molar-refractivity contribution is 0.0718. The van der Waals surface area contributed by atoms with Gasteiger partial charge < -0.3 is 10.2 Å². The van der Waals surface area contributed by atoms with Crippen LogP contribution in [0.4, 0.5) is 0 Å². The molecule has 2 fully saturated rings. The molecule has 130 valence electrons. The van der Waals surface area contributed by atoms with Gasteiger partial charge in [0.05, 0.1) is 0 Å². The van der Waals surface area contributed by atoms with E-state index < -0.39 is 0 Å². The molecule has 0 bridgehead atoms. The van der Waals surface area contributed by atoms with Gasteiger partial charge in [0.25, 0.3) is 11.8 Å². The molecule has 1 saturated heterocycles. The first-order valence-corrected chi connectivity index (χ1v) is 9.30. The van der Waals surface area contributed by atoms with Gasteiger partial charge in [-0.15, -0.1) is 0 Å². The fourth-order valence-electron chi connectivity index (χ4n) is 3.64. The number of carbonyl (C=O) groups excluding carboxylic acids is 2. The van der Waals surface area contributed by atoms with Crippen molar-refractivity contribution >= 4 is 11.8 Å². The molecule has 0 aromatic carbocycles. The lowest BCUT2D eigenvalue weighted by Crippen LogP contribution is -2.37. The standard InChI is InChI=1S/C19H27N3O2/c23-18(21-16-8-4-1-2-5-9-16)15-10-11-20-17(14-15)19(24)22-12-6-3-7-13-22/h10-11,14,16H,1-9,12-13H2,(H,21,23). The summed E-state index contributed by atoms with van der Waals surface area (Å²) in [6.07, 6.45) is 11.8. The van der Waals surface area contributed by atoms with Crippen LogP contribution >= 0.6 is 0 Å². The van der Waals surface area contributed by atoms with Gasteiger partial charge in [0.1, 0.15) is 5.69 Å². The fourth-order valence-corrected chi connectivity index (χ4v) is 3.64. The number of piperidine rings is 1. The van der Waals surface area contributed by atoms with E-state index in [0.717, 1.165) is 38.8 Å². The monoisotopic (exact) mass is 329 g/mol. The molecule has 5 nitrogen and oxygen atoms in total. The number of amides is 2. The van der Waals surface area contributed by atoms with Gasteiger partial charge in [0.15, 0.2) is 0 Å². The van der Waals surface area contributed by atoms with Crippen molar-refractivity contribution in [3.05, 3.63) is 29.6 Å². The van der Waals surface area contributed by atoms with Gasteiger partial charge in [-0.1, -0.05) is 25.7 Å². The quantitative estimate of drug-likeness (QED) is 0.867. The first-order valence-electron chi connectivity index (χ1n) is 9.30. The molecule has 0 atom stereocenters. The summed E-state index contributed by atoms with van der Waals surface area (Å²) in [7, 11) is 0. The SMILES string of the molecule is O=C(NC1CCCCCC1)c1ccnc(C(=O)N2CCCCC2)c1. The normalized spacial score (nSPS) is 19.6. The molecule has 1 aromatic rings. The maximum Gasteiger partial charge on any atom is 0.272 e. The summed E-state index contributed by atoms with van der Waals surface area (Å²) < 4.78 is 0. The van der Waals surface area contributed by atoms with Crippen molar-refractivity contribution in [2.24, 2.45) is 0 Å². The Morgan fingerprint density at radius 3 is 2.38 bits per heavy atom. The van der Waals surface area contributed by atoms with Crippen LogP contribution in [0.25, 0.3) is 0 Å². The Hall–Kier alpha value is -1.91. The lowest BCUT2D eigenvalue weighted by Gasteiger charge is -2.26. The van der Waals surface area contributed by atoms with E-state index in [1.807, 2.05) is 4.90 Å². The minimum absolute atomic E-state index is 0.0567. The van der Waals surface area contributed by atoms with Gasteiger partial charge in [0.2, 0.25) is 0 Å². The van der Waals surface area contributed by atoms with Gasteiger partial charge in [-0.25, -0.2) is 0 Å². The van der Waals surface area contributed by atoms with E-state index in [2.05, 4.69) is 10.3 Å². The molecule has 1 aliphatic carbocycles. The predicted octanol–water partition coefficient (Wildman–Crippen LogP) is 3.16. The van der Waals surface area contributed by atoms with Gasteiger partial charge in [0, 0.05) is 30.9 Å². The van der Waals surface area contributed by atoms with Crippen LogP contribution in [0, 0.1) is 0 Å². The van der Waals surface area contributed by atoms with Gasteiger partial charge in [-0.2, -0.15) is 0 Å². The molecule has 1 aliphatic heterocycles. The second kappa shape index (κ2) is 8.27. The van der Waals surface area contributed by atoms with E-state index in [9.17, 15) is 9.59 Å². The maximum atomic E-state index is 12.5. The molecular formula is C19H27N3O2. The van der Waals surface area contributed by atoms with Crippen LogP contribution in [0.15, 0.2) is 18.3 Å². The van der Waals surface area contributed by atoms with Crippen molar-refractivity contribution in [2.45, 2.75) is 63.8 Å². The molecule has 24 heavy (non-hydrogen) atoms. The highest BCUT2D eigenvalue weighted by Gasteiger charge is 2.21. The number of rotatable bonds is 3. The fraction of sp³-hybridized carbons (Fsp3) is 0.632. The Balaban J connectivity index is 1.65. The van der Waals surface area contributed by atoms with Crippen molar-refractivity contribution in [3.63, 3.8) is 0 Å². The summed E-state index contributed by atoms with van der Waals surface area (Å²) in [5, 5.41) is 3.13. The van der Waals surface area contributed by atoms with E-state index in [1.165, 1.54) is 32.1 Å². The van der Waals surface area contributed by atoms with E-state index in [1.54, 1.807) is 18.3 Å². The van der Waals surface area contributed by atoms with Gasteiger partial charge >= 0.3 is 0 Å². The maximum absolute atomic E-state index is 12.5. The zero-order valence-corrected chi connectivity index (χ0v) is 14.3. The summed E-state index contributed by atoms with van der Waals surface area (Å²) >= 11 is 0. The third kappa shape index (κ3) is 4.34. The summed E-state index contributed by atoms with van der Waals surface area (Å²) in [6.45, 7) is 1.58.